The SMILES string of the molecule is O=C(Oc1ccc(O)cc1)C1CCCCC1. The van der Waals surface area contributed by atoms with Gasteiger partial charge in [-0.3, -0.25) is 4.79 Å². The third-order valence-corrected chi connectivity index (χ3v) is 2.99. The van der Waals surface area contributed by atoms with Gasteiger partial charge < -0.3 is 9.84 Å². The highest BCUT2D eigenvalue weighted by Crippen LogP contribution is 2.26. The van der Waals surface area contributed by atoms with Gasteiger partial charge in [0.25, 0.3) is 0 Å². The maximum absolute atomic E-state index is 11.8. The van der Waals surface area contributed by atoms with Crippen LogP contribution in [0.1, 0.15) is 32.1 Å². The molecule has 0 aliphatic heterocycles. The van der Waals surface area contributed by atoms with Crippen molar-refractivity contribution in [3.05, 3.63) is 24.3 Å². The number of hydrogen-bond acceptors (Lipinski definition) is 3. The van der Waals surface area contributed by atoms with Gasteiger partial charge in [0, 0.05) is 0 Å². The number of hydrogen-bond donors (Lipinski definition) is 1. The van der Waals surface area contributed by atoms with E-state index in [1.165, 1.54) is 18.6 Å². The summed E-state index contributed by atoms with van der Waals surface area (Å²) in [6, 6.07) is 6.25. The maximum Gasteiger partial charge on any atom is 0.314 e. The Morgan fingerprint density at radius 2 is 1.75 bits per heavy atom. The van der Waals surface area contributed by atoms with Gasteiger partial charge in [0.1, 0.15) is 11.5 Å². The minimum absolute atomic E-state index is 0.0579. The van der Waals surface area contributed by atoms with Gasteiger partial charge in [-0.25, -0.2) is 0 Å². The Kier molecular flexibility index (Phi) is 3.44. The maximum atomic E-state index is 11.8. The highest BCUT2D eigenvalue weighted by Gasteiger charge is 2.22. The molecule has 1 fully saturated rings. The Hall–Kier alpha value is -1.51. The van der Waals surface area contributed by atoms with E-state index in [4.69, 9.17) is 9.84 Å². The van der Waals surface area contributed by atoms with Crippen molar-refractivity contribution in [2.75, 3.05) is 0 Å². The number of benzene rings is 1. The zero-order valence-electron chi connectivity index (χ0n) is 9.19. The van der Waals surface area contributed by atoms with Crippen LogP contribution in [0.5, 0.6) is 11.5 Å². The second-order valence-electron chi connectivity index (χ2n) is 4.25. The molecule has 0 heterocycles. The molecular formula is C13H16O3. The molecule has 0 saturated heterocycles. The van der Waals surface area contributed by atoms with Crippen molar-refractivity contribution in [3.8, 4) is 11.5 Å². The third-order valence-electron chi connectivity index (χ3n) is 2.99. The molecule has 0 amide bonds. The first-order valence-electron chi connectivity index (χ1n) is 5.76. The molecular weight excluding hydrogens is 204 g/mol. The molecule has 0 spiro atoms. The number of carbonyl (C=O) groups is 1. The summed E-state index contributed by atoms with van der Waals surface area (Å²) in [6.07, 6.45) is 5.35. The third kappa shape index (κ3) is 2.75. The topological polar surface area (TPSA) is 46.5 Å². The van der Waals surface area contributed by atoms with Crippen molar-refractivity contribution in [2.24, 2.45) is 5.92 Å². The van der Waals surface area contributed by atoms with E-state index >= 15 is 0 Å². The van der Waals surface area contributed by atoms with Gasteiger partial charge >= 0.3 is 5.97 Å². The molecule has 1 aliphatic carbocycles. The van der Waals surface area contributed by atoms with Crippen molar-refractivity contribution >= 4 is 5.97 Å². The summed E-state index contributed by atoms with van der Waals surface area (Å²) >= 11 is 0. The van der Waals surface area contributed by atoms with Crippen LogP contribution in [0.2, 0.25) is 0 Å². The minimum atomic E-state index is -0.134. The van der Waals surface area contributed by atoms with E-state index in [0.717, 1.165) is 25.7 Å². The molecule has 0 unspecified atom stereocenters. The number of aromatic hydroxyl groups is 1. The largest absolute Gasteiger partial charge is 0.508 e. The van der Waals surface area contributed by atoms with E-state index in [9.17, 15) is 4.79 Å². The smallest absolute Gasteiger partial charge is 0.314 e. The zero-order chi connectivity index (χ0) is 11.4. The standard InChI is InChI=1S/C13H16O3/c14-11-6-8-12(9-7-11)16-13(15)10-4-2-1-3-5-10/h6-10,14H,1-5H2. The molecule has 16 heavy (non-hydrogen) atoms. The molecule has 1 N–H and O–H groups in total. The van der Waals surface area contributed by atoms with Crippen LogP contribution in [-0.2, 0) is 4.79 Å². The normalized spacial score (nSPS) is 17.0. The van der Waals surface area contributed by atoms with Crippen LogP contribution in [0, 0.1) is 5.92 Å². The fourth-order valence-electron chi connectivity index (χ4n) is 2.05. The van der Waals surface area contributed by atoms with Gasteiger partial charge in [0.05, 0.1) is 5.92 Å². The fraction of sp³-hybridized carbons (Fsp3) is 0.462. The van der Waals surface area contributed by atoms with E-state index in [1.54, 1.807) is 12.1 Å². The van der Waals surface area contributed by atoms with Crippen molar-refractivity contribution in [3.63, 3.8) is 0 Å². The Balaban J connectivity index is 1.93. The first-order chi connectivity index (χ1) is 7.75. The molecule has 3 nitrogen and oxygen atoms in total. The number of ether oxygens (including phenoxy) is 1. The summed E-state index contributed by atoms with van der Waals surface area (Å²) < 4.78 is 5.26. The van der Waals surface area contributed by atoms with Crippen LogP contribution in [0.15, 0.2) is 24.3 Å². The van der Waals surface area contributed by atoms with E-state index < -0.39 is 0 Å². The Bertz CT molecular complexity index is 350. The van der Waals surface area contributed by atoms with Crippen molar-refractivity contribution in [1.82, 2.24) is 0 Å². The summed E-state index contributed by atoms with van der Waals surface area (Å²) in [7, 11) is 0. The fourth-order valence-corrected chi connectivity index (χ4v) is 2.05. The molecule has 86 valence electrons. The number of rotatable bonds is 2. The van der Waals surface area contributed by atoms with Gasteiger partial charge in [0.2, 0.25) is 0 Å². The molecule has 3 heteroatoms. The average molecular weight is 220 g/mol. The lowest BCUT2D eigenvalue weighted by Crippen LogP contribution is -2.22. The van der Waals surface area contributed by atoms with Crippen LogP contribution >= 0.6 is 0 Å². The van der Waals surface area contributed by atoms with E-state index in [2.05, 4.69) is 0 Å². The predicted molar refractivity (Wildman–Crippen MR) is 60.3 cm³/mol. The number of phenols is 1. The molecule has 0 aromatic heterocycles. The lowest BCUT2D eigenvalue weighted by Gasteiger charge is -2.19. The second-order valence-corrected chi connectivity index (χ2v) is 4.25. The van der Waals surface area contributed by atoms with Gasteiger partial charge in [0.15, 0.2) is 0 Å². The van der Waals surface area contributed by atoms with Crippen LogP contribution in [0.3, 0.4) is 0 Å². The Labute approximate surface area is 95.0 Å². The molecule has 0 atom stereocenters. The van der Waals surface area contributed by atoms with E-state index in [-0.39, 0.29) is 17.6 Å². The Morgan fingerprint density at radius 1 is 1.12 bits per heavy atom. The van der Waals surface area contributed by atoms with Crippen molar-refractivity contribution < 1.29 is 14.6 Å². The average Bonchev–Trinajstić information content (AvgIpc) is 2.33. The van der Waals surface area contributed by atoms with Gasteiger partial charge in [-0.1, -0.05) is 19.3 Å². The van der Waals surface area contributed by atoms with E-state index in [1.807, 2.05) is 0 Å². The van der Waals surface area contributed by atoms with E-state index in [0.29, 0.717) is 5.75 Å². The van der Waals surface area contributed by atoms with Crippen LogP contribution in [0.25, 0.3) is 0 Å². The van der Waals surface area contributed by atoms with Gasteiger partial charge in [-0.2, -0.15) is 0 Å². The zero-order valence-corrected chi connectivity index (χ0v) is 9.19. The van der Waals surface area contributed by atoms with Crippen LogP contribution < -0.4 is 4.74 Å². The number of phenolic OH excluding ortho intramolecular Hbond substituents is 1. The summed E-state index contributed by atoms with van der Waals surface area (Å²) in [5.74, 6) is 0.610. The molecule has 2 rings (SSSR count). The molecule has 1 saturated carbocycles. The van der Waals surface area contributed by atoms with Crippen LogP contribution in [-0.4, -0.2) is 11.1 Å². The summed E-state index contributed by atoms with van der Waals surface area (Å²) in [6.45, 7) is 0. The minimum Gasteiger partial charge on any atom is -0.508 e. The summed E-state index contributed by atoms with van der Waals surface area (Å²) in [4.78, 5) is 11.8. The number of carbonyl (C=O) groups excluding carboxylic acids is 1. The Morgan fingerprint density at radius 3 is 2.38 bits per heavy atom. The predicted octanol–water partition coefficient (Wildman–Crippen LogP) is 2.88. The lowest BCUT2D eigenvalue weighted by molar-refractivity contribution is -0.139. The second kappa shape index (κ2) is 5.01. The lowest BCUT2D eigenvalue weighted by atomic mass is 9.89. The first kappa shape index (κ1) is 11.0. The number of esters is 1. The molecule has 1 aromatic carbocycles. The highest BCUT2D eigenvalue weighted by atomic mass is 16.5. The molecule has 0 bridgehead atoms. The summed E-state index contributed by atoms with van der Waals surface area (Å²) in [5, 5.41) is 9.10. The first-order valence-corrected chi connectivity index (χ1v) is 5.76. The van der Waals surface area contributed by atoms with Gasteiger partial charge in [-0.05, 0) is 37.1 Å². The van der Waals surface area contributed by atoms with Crippen molar-refractivity contribution in [1.29, 1.82) is 0 Å². The van der Waals surface area contributed by atoms with Crippen molar-refractivity contribution in [2.45, 2.75) is 32.1 Å². The van der Waals surface area contributed by atoms with Gasteiger partial charge in [-0.15, -0.1) is 0 Å². The molecule has 1 aromatic rings. The molecule has 0 radical (unpaired) electrons. The monoisotopic (exact) mass is 220 g/mol. The van der Waals surface area contributed by atoms with Crippen LogP contribution in [0.4, 0.5) is 0 Å². The quantitative estimate of drug-likeness (QED) is 0.615. The molecule has 1 aliphatic rings. The summed E-state index contributed by atoms with van der Waals surface area (Å²) in [5.41, 5.74) is 0. The highest BCUT2D eigenvalue weighted by molar-refractivity contribution is 5.75.